The molecule has 2 aromatic rings. The maximum atomic E-state index is 17.6. The van der Waals surface area contributed by atoms with Crippen molar-refractivity contribution in [1.82, 2.24) is 5.43 Å². The number of hydrazine groups is 1. The van der Waals surface area contributed by atoms with E-state index < -0.39 is 76.8 Å². The molecule has 3 saturated carbocycles. The normalized spacial score (nSPS) is 40.3. The van der Waals surface area contributed by atoms with Gasteiger partial charge in [0.15, 0.2) is 29.1 Å². The van der Waals surface area contributed by atoms with Gasteiger partial charge in [0.05, 0.1) is 22.9 Å². The Labute approximate surface area is 277 Å². The Bertz CT molecular complexity index is 1690. The molecular formula is C36H39ClF2N2O6. The van der Waals surface area contributed by atoms with Gasteiger partial charge in [0, 0.05) is 29.4 Å². The highest BCUT2D eigenvalue weighted by Gasteiger charge is 2.80. The molecule has 2 aromatic carbocycles. The fraction of sp³-hybridized carbons (Fsp3) is 0.500. The first kappa shape index (κ1) is 32.6. The van der Waals surface area contributed by atoms with E-state index in [1.165, 1.54) is 19.1 Å². The van der Waals surface area contributed by atoms with Gasteiger partial charge in [-0.05, 0) is 79.5 Å². The summed E-state index contributed by atoms with van der Waals surface area (Å²) in [5.74, 6) is -2.63. The molecule has 0 amide bonds. The van der Waals surface area contributed by atoms with Gasteiger partial charge in [-0.2, -0.15) is 0 Å². The van der Waals surface area contributed by atoms with E-state index in [9.17, 15) is 19.8 Å². The molecule has 11 heteroatoms. The lowest BCUT2D eigenvalue weighted by molar-refractivity contribution is -0.235. The minimum Gasteiger partial charge on any atom is -0.390 e. The Balaban J connectivity index is 1.18. The third kappa shape index (κ3) is 4.48. The zero-order chi connectivity index (χ0) is 33.5. The Morgan fingerprint density at radius 3 is 2.53 bits per heavy atom. The SMILES string of the molecule is CNNc1cc(Cc2ccc([C@H]3O[C@@H]4C[C@H]5[C@@H]6C[C@H](F)C7=CC(=O)C=C[C@]7(C)[C@@]6(F)[C@@H](O)C[C@]5(C)[C@]4(C(=O)CO)O3)cc2)ccc1Cl. The maximum Gasteiger partial charge on any atom is 0.193 e. The number of nitrogens with one attached hydrogen (secondary N) is 2. The summed E-state index contributed by atoms with van der Waals surface area (Å²) in [6.07, 6.45) is -0.838. The summed E-state index contributed by atoms with van der Waals surface area (Å²) < 4.78 is 46.4. The third-order valence-electron chi connectivity index (χ3n) is 11.9. The van der Waals surface area contributed by atoms with Gasteiger partial charge in [0.1, 0.15) is 12.8 Å². The van der Waals surface area contributed by atoms with Crippen LogP contribution in [0.15, 0.2) is 66.3 Å². The number of hydrogen-bond acceptors (Lipinski definition) is 8. The summed E-state index contributed by atoms with van der Waals surface area (Å²) >= 11 is 6.27. The van der Waals surface area contributed by atoms with E-state index in [1.54, 1.807) is 14.0 Å². The lowest BCUT2D eigenvalue weighted by Crippen LogP contribution is -2.70. The van der Waals surface area contributed by atoms with E-state index >= 15 is 8.78 Å². The Kier molecular flexibility index (Phi) is 7.82. The summed E-state index contributed by atoms with van der Waals surface area (Å²) in [6, 6.07) is 13.4. The quantitative estimate of drug-likeness (QED) is 0.301. The Morgan fingerprint density at radius 2 is 1.83 bits per heavy atom. The number of allylic oxidation sites excluding steroid dienone is 4. The standard InChI is InChI=1S/C36H39ClF2N2O6/c1-33-11-10-22(43)14-25(33)27(38)15-24-23-16-31-36(30(45)18-42,34(23,2)17-29(44)35(24,33)39)47-32(46-31)21-7-4-19(5-8-21)12-20-6-9-26(37)28(13-20)41-40-3/h4-11,13-14,23-24,27,29,31-32,40-42,44H,12,15-18H2,1-3H3/t23-,24-,27-,29-,31+,32-,33-,34-,35-,36+/m0/s1. The summed E-state index contributed by atoms with van der Waals surface area (Å²) in [5, 5.41) is 22.5. The molecule has 1 aliphatic heterocycles. The molecule has 0 spiro atoms. The molecule has 1 saturated heterocycles. The smallest absolute Gasteiger partial charge is 0.193 e. The van der Waals surface area contributed by atoms with Crippen LogP contribution in [0.3, 0.4) is 0 Å². The number of alkyl halides is 2. The molecule has 4 aliphatic carbocycles. The number of anilines is 1. The summed E-state index contributed by atoms with van der Waals surface area (Å²) in [6.45, 7) is 2.48. The Hall–Kier alpha value is -2.99. The van der Waals surface area contributed by atoms with Crippen molar-refractivity contribution < 1.29 is 38.1 Å². The molecule has 0 aromatic heterocycles. The summed E-state index contributed by atoms with van der Waals surface area (Å²) in [5.41, 5.74) is 2.71. The highest BCUT2D eigenvalue weighted by molar-refractivity contribution is 6.33. The van der Waals surface area contributed by atoms with Crippen LogP contribution in [0, 0.1) is 22.7 Å². The van der Waals surface area contributed by atoms with Crippen LogP contribution < -0.4 is 10.9 Å². The molecule has 8 nitrogen and oxygen atoms in total. The average molecular weight is 669 g/mol. The van der Waals surface area contributed by atoms with Crippen LogP contribution >= 0.6 is 11.6 Å². The second-order valence-electron chi connectivity index (χ2n) is 14.1. The molecule has 5 aliphatic rings. The van der Waals surface area contributed by atoms with Crippen molar-refractivity contribution in [2.45, 2.75) is 75.5 Å². The number of fused-ring (bicyclic) bond motifs is 7. The number of halogens is 3. The molecule has 0 unspecified atom stereocenters. The van der Waals surface area contributed by atoms with Crippen LogP contribution in [0.4, 0.5) is 14.5 Å². The maximum absolute atomic E-state index is 17.6. The van der Waals surface area contributed by atoms with Crippen LogP contribution in [0.25, 0.3) is 0 Å². The number of hydrogen-bond donors (Lipinski definition) is 4. The molecule has 250 valence electrons. The molecular weight excluding hydrogens is 630 g/mol. The fourth-order valence-electron chi connectivity index (χ4n) is 9.66. The second-order valence-corrected chi connectivity index (χ2v) is 14.5. The number of rotatable bonds is 7. The van der Waals surface area contributed by atoms with E-state index in [0.29, 0.717) is 17.0 Å². The van der Waals surface area contributed by atoms with Gasteiger partial charge in [-0.1, -0.05) is 54.9 Å². The van der Waals surface area contributed by atoms with E-state index in [4.69, 9.17) is 21.1 Å². The minimum atomic E-state index is -2.30. The van der Waals surface area contributed by atoms with Crippen LogP contribution in [-0.4, -0.2) is 65.1 Å². The van der Waals surface area contributed by atoms with Crippen molar-refractivity contribution in [3.63, 3.8) is 0 Å². The van der Waals surface area contributed by atoms with Crippen molar-refractivity contribution >= 4 is 28.9 Å². The largest absolute Gasteiger partial charge is 0.390 e. The van der Waals surface area contributed by atoms with Gasteiger partial charge in [-0.3, -0.25) is 9.59 Å². The average Bonchev–Trinajstić information content (AvgIpc) is 3.54. The van der Waals surface area contributed by atoms with Gasteiger partial charge in [0.25, 0.3) is 0 Å². The van der Waals surface area contributed by atoms with Crippen molar-refractivity contribution in [3.8, 4) is 0 Å². The fourth-order valence-corrected chi connectivity index (χ4v) is 9.82. The second kappa shape index (κ2) is 11.3. The zero-order valence-corrected chi connectivity index (χ0v) is 27.2. The molecule has 47 heavy (non-hydrogen) atoms. The molecule has 7 rings (SSSR count). The zero-order valence-electron chi connectivity index (χ0n) is 26.4. The first-order valence-corrected chi connectivity index (χ1v) is 16.4. The third-order valence-corrected chi connectivity index (χ3v) is 12.2. The summed E-state index contributed by atoms with van der Waals surface area (Å²) in [4.78, 5) is 25.9. The van der Waals surface area contributed by atoms with E-state index in [2.05, 4.69) is 10.9 Å². The van der Waals surface area contributed by atoms with Gasteiger partial charge in [-0.15, -0.1) is 0 Å². The van der Waals surface area contributed by atoms with Gasteiger partial charge >= 0.3 is 0 Å². The number of aliphatic hydroxyl groups is 2. The molecule has 1 heterocycles. The number of ether oxygens (including phenoxy) is 2. The van der Waals surface area contributed by atoms with Crippen molar-refractivity contribution in [3.05, 3.63) is 88.0 Å². The highest BCUT2D eigenvalue weighted by Crippen LogP contribution is 2.72. The van der Waals surface area contributed by atoms with Crippen LogP contribution in [0.2, 0.25) is 5.02 Å². The number of aliphatic hydroxyl groups excluding tert-OH is 2. The van der Waals surface area contributed by atoms with E-state index in [-0.39, 0.29) is 24.8 Å². The summed E-state index contributed by atoms with van der Waals surface area (Å²) in [7, 11) is 1.76. The number of carbonyl (C=O) groups excluding carboxylic acids is 2. The lowest BCUT2D eigenvalue weighted by atomic mass is 9.44. The number of ketones is 2. The van der Waals surface area contributed by atoms with Crippen molar-refractivity contribution in [1.29, 1.82) is 0 Å². The van der Waals surface area contributed by atoms with E-state index in [1.807, 2.05) is 42.5 Å². The monoisotopic (exact) mass is 668 g/mol. The van der Waals surface area contributed by atoms with Gasteiger partial charge in [0.2, 0.25) is 0 Å². The van der Waals surface area contributed by atoms with Crippen molar-refractivity contribution in [2.75, 3.05) is 19.1 Å². The number of Topliss-reactive ketones (excluding diaryl/α,β-unsaturated/α-hetero) is 1. The number of benzene rings is 2. The molecule has 0 bridgehead atoms. The molecule has 4 N–H and O–H groups in total. The first-order chi connectivity index (χ1) is 22.3. The predicted octanol–water partition coefficient (Wildman–Crippen LogP) is 5.12. The van der Waals surface area contributed by atoms with Crippen LogP contribution in [0.5, 0.6) is 0 Å². The Morgan fingerprint density at radius 1 is 1.11 bits per heavy atom. The molecule has 4 fully saturated rings. The van der Waals surface area contributed by atoms with Gasteiger partial charge in [-0.25, -0.2) is 14.2 Å². The van der Waals surface area contributed by atoms with Crippen LogP contribution in [0.1, 0.15) is 56.1 Å². The first-order valence-electron chi connectivity index (χ1n) is 16.1. The van der Waals surface area contributed by atoms with Crippen molar-refractivity contribution in [2.24, 2.45) is 22.7 Å². The molecule has 0 radical (unpaired) electrons. The predicted molar refractivity (Wildman–Crippen MR) is 171 cm³/mol. The topological polar surface area (TPSA) is 117 Å². The van der Waals surface area contributed by atoms with E-state index in [0.717, 1.165) is 22.9 Å². The van der Waals surface area contributed by atoms with Gasteiger partial charge < -0.3 is 25.1 Å². The highest BCUT2D eigenvalue weighted by atomic mass is 35.5. The number of carbonyl (C=O) groups is 2. The lowest BCUT2D eigenvalue weighted by Gasteiger charge is -2.63. The molecule has 10 atom stereocenters. The minimum absolute atomic E-state index is 0.0351. The van der Waals surface area contributed by atoms with Crippen LogP contribution in [-0.2, 0) is 25.5 Å².